The second-order valence-electron chi connectivity index (χ2n) is 4.79. The fraction of sp³-hybridized carbons (Fsp3) is 0.118. The zero-order valence-electron chi connectivity index (χ0n) is 11.7. The van der Waals surface area contributed by atoms with E-state index in [0.717, 1.165) is 27.9 Å². The van der Waals surface area contributed by atoms with E-state index in [1.807, 2.05) is 48.5 Å². The van der Waals surface area contributed by atoms with Crippen LogP contribution in [0.1, 0.15) is 5.56 Å². The van der Waals surface area contributed by atoms with Crippen LogP contribution < -0.4 is 15.6 Å². The van der Waals surface area contributed by atoms with Crippen molar-refractivity contribution in [2.45, 2.75) is 6.54 Å². The first-order valence-corrected chi connectivity index (χ1v) is 6.75. The maximum absolute atomic E-state index is 11.7. The largest absolute Gasteiger partial charge is 0.497 e. The summed E-state index contributed by atoms with van der Waals surface area (Å²) in [6.45, 7) is 0.581. The highest BCUT2D eigenvalue weighted by Gasteiger charge is 2.03. The summed E-state index contributed by atoms with van der Waals surface area (Å²) >= 11 is 0. The molecule has 1 aromatic heterocycles. The highest BCUT2D eigenvalue weighted by Crippen LogP contribution is 2.19. The molecule has 0 radical (unpaired) electrons. The number of aromatic amines is 1. The number of ether oxygens (including phenoxy) is 1. The zero-order chi connectivity index (χ0) is 14.7. The molecule has 0 fully saturated rings. The summed E-state index contributed by atoms with van der Waals surface area (Å²) in [7, 11) is 1.64. The highest BCUT2D eigenvalue weighted by molar-refractivity contribution is 5.82. The van der Waals surface area contributed by atoms with Gasteiger partial charge in [0.15, 0.2) is 0 Å². The molecule has 0 saturated carbocycles. The Morgan fingerprint density at radius 1 is 1.10 bits per heavy atom. The fourth-order valence-electron chi connectivity index (χ4n) is 2.35. The van der Waals surface area contributed by atoms with Gasteiger partial charge in [-0.2, -0.15) is 0 Å². The van der Waals surface area contributed by atoms with Crippen LogP contribution in [-0.4, -0.2) is 12.1 Å². The van der Waals surface area contributed by atoms with Crippen LogP contribution in [0.15, 0.2) is 59.4 Å². The number of fused-ring (bicyclic) bond motifs is 1. The second kappa shape index (κ2) is 5.71. The summed E-state index contributed by atoms with van der Waals surface area (Å²) in [5.74, 6) is 0.802. The van der Waals surface area contributed by atoms with Crippen molar-refractivity contribution in [3.8, 4) is 5.75 Å². The molecule has 0 bridgehead atoms. The van der Waals surface area contributed by atoms with Crippen LogP contribution in [0, 0.1) is 0 Å². The van der Waals surface area contributed by atoms with Crippen molar-refractivity contribution in [2.75, 3.05) is 12.4 Å². The molecular formula is C17H16N2O2. The standard InChI is InChI=1S/C17H16N2O2/c1-21-14-6-4-5-13(10-14)18-11-12-9-17(20)19-16-8-3-2-7-15(12)16/h2-10,18H,11H2,1H3,(H,19,20). The Kier molecular flexibility index (Phi) is 3.60. The molecule has 1 heterocycles. The van der Waals surface area contributed by atoms with Gasteiger partial charge in [-0.15, -0.1) is 0 Å². The van der Waals surface area contributed by atoms with E-state index in [2.05, 4.69) is 10.3 Å². The van der Waals surface area contributed by atoms with E-state index in [4.69, 9.17) is 4.74 Å². The normalized spacial score (nSPS) is 10.5. The van der Waals surface area contributed by atoms with Crippen LogP contribution in [-0.2, 0) is 6.54 Å². The van der Waals surface area contributed by atoms with Crippen LogP contribution in [0.3, 0.4) is 0 Å². The molecule has 3 rings (SSSR count). The summed E-state index contributed by atoms with van der Waals surface area (Å²) in [6, 6.07) is 17.2. The van der Waals surface area contributed by atoms with Gasteiger partial charge in [0, 0.05) is 35.3 Å². The Morgan fingerprint density at radius 3 is 2.81 bits per heavy atom. The number of hydrogen-bond acceptors (Lipinski definition) is 3. The number of para-hydroxylation sites is 1. The maximum atomic E-state index is 11.7. The predicted molar refractivity (Wildman–Crippen MR) is 84.9 cm³/mol. The third kappa shape index (κ3) is 2.89. The SMILES string of the molecule is COc1cccc(NCc2cc(=O)[nH]c3ccccc23)c1. The molecule has 0 aliphatic rings. The van der Waals surface area contributed by atoms with Crippen molar-refractivity contribution < 1.29 is 4.74 Å². The molecule has 4 nitrogen and oxygen atoms in total. The lowest BCUT2D eigenvalue weighted by Gasteiger charge is -2.10. The van der Waals surface area contributed by atoms with E-state index in [0.29, 0.717) is 6.54 Å². The number of methoxy groups -OCH3 is 1. The van der Waals surface area contributed by atoms with Gasteiger partial charge in [0.05, 0.1) is 7.11 Å². The summed E-state index contributed by atoms with van der Waals surface area (Å²) < 4.78 is 5.20. The van der Waals surface area contributed by atoms with E-state index in [9.17, 15) is 4.79 Å². The molecule has 21 heavy (non-hydrogen) atoms. The van der Waals surface area contributed by atoms with E-state index in [-0.39, 0.29) is 5.56 Å². The minimum Gasteiger partial charge on any atom is -0.497 e. The quantitative estimate of drug-likeness (QED) is 0.772. The number of anilines is 1. The highest BCUT2D eigenvalue weighted by atomic mass is 16.5. The molecule has 0 aliphatic carbocycles. The Hall–Kier alpha value is -2.75. The van der Waals surface area contributed by atoms with Crippen molar-refractivity contribution in [3.05, 3.63) is 70.5 Å². The molecule has 0 unspecified atom stereocenters. The summed E-state index contributed by atoms with van der Waals surface area (Å²) in [5.41, 5.74) is 2.69. The molecule has 0 aliphatic heterocycles. The molecule has 106 valence electrons. The maximum Gasteiger partial charge on any atom is 0.248 e. The molecule has 3 aromatic rings. The van der Waals surface area contributed by atoms with Crippen molar-refractivity contribution in [1.82, 2.24) is 4.98 Å². The predicted octanol–water partition coefficient (Wildman–Crippen LogP) is 3.15. The Bertz CT molecular complexity index is 824. The van der Waals surface area contributed by atoms with E-state index in [1.54, 1.807) is 13.2 Å². The fourth-order valence-corrected chi connectivity index (χ4v) is 2.35. The van der Waals surface area contributed by atoms with Crippen LogP contribution in [0.5, 0.6) is 5.75 Å². The van der Waals surface area contributed by atoms with E-state index in [1.165, 1.54) is 0 Å². The average Bonchev–Trinajstić information content (AvgIpc) is 2.52. The molecule has 2 aromatic carbocycles. The molecule has 0 spiro atoms. The van der Waals surface area contributed by atoms with Crippen molar-refractivity contribution in [3.63, 3.8) is 0 Å². The summed E-state index contributed by atoms with van der Waals surface area (Å²) in [5, 5.41) is 4.37. The van der Waals surface area contributed by atoms with Gasteiger partial charge in [-0.1, -0.05) is 24.3 Å². The number of benzene rings is 2. The molecule has 0 atom stereocenters. The third-order valence-corrected chi connectivity index (χ3v) is 3.39. The van der Waals surface area contributed by atoms with E-state index < -0.39 is 0 Å². The van der Waals surface area contributed by atoms with Gasteiger partial charge in [0.1, 0.15) is 5.75 Å². The van der Waals surface area contributed by atoms with Crippen molar-refractivity contribution in [2.24, 2.45) is 0 Å². The Morgan fingerprint density at radius 2 is 1.95 bits per heavy atom. The molecular weight excluding hydrogens is 264 g/mol. The number of rotatable bonds is 4. The Balaban J connectivity index is 1.89. The first kappa shape index (κ1) is 13.2. The minimum absolute atomic E-state index is 0.0869. The van der Waals surface area contributed by atoms with Crippen LogP contribution >= 0.6 is 0 Å². The average molecular weight is 280 g/mol. The zero-order valence-corrected chi connectivity index (χ0v) is 11.7. The lowest BCUT2D eigenvalue weighted by Crippen LogP contribution is -2.09. The topological polar surface area (TPSA) is 54.1 Å². The van der Waals surface area contributed by atoms with Gasteiger partial charge < -0.3 is 15.0 Å². The van der Waals surface area contributed by atoms with Gasteiger partial charge in [0.25, 0.3) is 0 Å². The lowest BCUT2D eigenvalue weighted by molar-refractivity contribution is 0.415. The Labute approximate surface area is 122 Å². The van der Waals surface area contributed by atoms with Crippen LogP contribution in [0.2, 0.25) is 0 Å². The van der Waals surface area contributed by atoms with Crippen LogP contribution in [0.25, 0.3) is 10.9 Å². The number of hydrogen-bond donors (Lipinski definition) is 2. The smallest absolute Gasteiger partial charge is 0.248 e. The van der Waals surface area contributed by atoms with Crippen LogP contribution in [0.4, 0.5) is 5.69 Å². The minimum atomic E-state index is -0.0869. The van der Waals surface area contributed by atoms with Gasteiger partial charge in [-0.25, -0.2) is 0 Å². The molecule has 4 heteroatoms. The van der Waals surface area contributed by atoms with Gasteiger partial charge in [-0.3, -0.25) is 4.79 Å². The first-order valence-electron chi connectivity index (χ1n) is 6.75. The van der Waals surface area contributed by atoms with E-state index >= 15 is 0 Å². The first-order chi connectivity index (χ1) is 10.3. The van der Waals surface area contributed by atoms with Gasteiger partial charge in [-0.05, 0) is 23.8 Å². The van der Waals surface area contributed by atoms with Gasteiger partial charge >= 0.3 is 0 Å². The molecule has 2 N–H and O–H groups in total. The summed E-state index contributed by atoms with van der Waals surface area (Å²) in [4.78, 5) is 14.6. The number of H-pyrrole nitrogens is 1. The van der Waals surface area contributed by atoms with Crippen molar-refractivity contribution in [1.29, 1.82) is 0 Å². The molecule has 0 amide bonds. The second-order valence-corrected chi connectivity index (χ2v) is 4.79. The monoisotopic (exact) mass is 280 g/mol. The third-order valence-electron chi connectivity index (χ3n) is 3.39. The lowest BCUT2D eigenvalue weighted by atomic mass is 10.1. The number of aromatic nitrogens is 1. The van der Waals surface area contributed by atoms with Gasteiger partial charge in [0.2, 0.25) is 5.56 Å². The van der Waals surface area contributed by atoms with Crippen molar-refractivity contribution >= 4 is 16.6 Å². The number of pyridine rings is 1. The number of nitrogens with one attached hydrogen (secondary N) is 2. The summed E-state index contributed by atoms with van der Waals surface area (Å²) in [6.07, 6.45) is 0. The molecule has 0 saturated heterocycles.